The van der Waals surface area contributed by atoms with Crippen molar-refractivity contribution in [1.82, 2.24) is 9.55 Å². The van der Waals surface area contributed by atoms with E-state index in [1.54, 1.807) is 36.8 Å². The number of fused-ring (bicyclic) bond motifs is 3. The molecule has 0 saturated carbocycles. The van der Waals surface area contributed by atoms with Crippen molar-refractivity contribution in [3.63, 3.8) is 0 Å². The fourth-order valence-corrected chi connectivity index (χ4v) is 4.70. The Morgan fingerprint density at radius 3 is 2.90 bits per heavy atom. The molecule has 108 valence electrons. The molecule has 0 unspecified atom stereocenters. The Morgan fingerprint density at radius 1 is 1.45 bits per heavy atom. The van der Waals surface area contributed by atoms with Crippen LogP contribution in [0.25, 0.3) is 10.2 Å². The van der Waals surface area contributed by atoms with Gasteiger partial charge in [-0.3, -0.25) is 9.36 Å². The van der Waals surface area contributed by atoms with E-state index >= 15 is 0 Å². The van der Waals surface area contributed by atoms with E-state index in [0.29, 0.717) is 10.9 Å². The van der Waals surface area contributed by atoms with Crippen LogP contribution in [0.1, 0.15) is 30.7 Å². The third-order valence-electron chi connectivity index (χ3n) is 3.46. The summed E-state index contributed by atoms with van der Waals surface area (Å²) in [6.45, 7) is 3.52. The minimum atomic E-state index is -0.769. The summed E-state index contributed by atoms with van der Waals surface area (Å²) in [4.78, 5) is 19.4. The van der Waals surface area contributed by atoms with E-state index in [1.165, 1.54) is 22.2 Å². The van der Waals surface area contributed by atoms with Gasteiger partial charge in [0.05, 0.1) is 11.0 Å². The summed E-state index contributed by atoms with van der Waals surface area (Å²) in [6, 6.07) is 0. The minimum absolute atomic E-state index is 0.0487. The van der Waals surface area contributed by atoms with Gasteiger partial charge in [-0.1, -0.05) is 11.8 Å². The van der Waals surface area contributed by atoms with Crippen molar-refractivity contribution in [2.75, 3.05) is 5.75 Å². The molecular formula is C14H18N2O2S2. The summed E-state index contributed by atoms with van der Waals surface area (Å²) < 4.78 is 1.62. The minimum Gasteiger partial charge on any atom is -0.390 e. The molecule has 0 atom stereocenters. The molecule has 1 aliphatic rings. The Bertz CT molecular complexity index is 725. The van der Waals surface area contributed by atoms with Gasteiger partial charge in [0.25, 0.3) is 5.56 Å². The van der Waals surface area contributed by atoms with E-state index in [4.69, 9.17) is 0 Å². The van der Waals surface area contributed by atoms with Crippen LogP contribution >= 0.6 is 23.1 Å². The number of hydrogen-bond donors (Lipinski definition) is 1. The van der Waals surface area contributed by atoms with Gasteiger partial charge in [-0.05, 0) is 38.7 Å². The number of nitrogens with zero attached hydrogens (tertiary/aromatic N) is 2. The Balaban J connectivity index is 2.08. The molecule has 2 heterocycles. The van der Waals surface area contributed by atoms with Crippen molar-refractivity contribution in [2.24, 2.45) is 7.05 Å². The van der Waals surface area contributed by atoms with Gasteiger partial charge in [-0.25, -0.2) is 4.98 Å². The third kappa shape index (κ3) is 2.40. The summed E-state index contributed by atoms with van der Waals surface area (Å²) in [5, 5.41) is 11.3. The lowest BCUT2D eigenvalue weighted by molar-refractivity contribution is 0.107. The SMILES string of the molecule is Cn1c(SCC(C)(C)O)nc2sc3c(c2c1=O)CCC3. The topological polar surface area (TPSA) is 55.1 Å². The highest BCUT2D eigenvalue weighted by Crippen LogP contribution is 2.35. The van der Waals surface area contributed by atoms with Crippen LogP contribution in [0.5, 0.6) is 0 Å². The van der Waals surface area contributed by atoms with Crippen molar-refractivity contribution in [3.8, 4) is 0 Å². The van der Waals surface area contributed by atoms with E-state index in [1.807, 2.05) is 0 Å². The zero-order chi connectivity index (χ0) is 14.5. The molecule has 1 aliphatic carbocycles. The van der Waals surface area contributed by atoms with Gasteiger partial charge in [0.1, 0.15) is 4.83 Å². The zero-order valence-electron chi connectivity index (χ0n) is 11.9. The number of aryl methyl sites for hydroxylation is 2. The molecule has 20 heavy (non-hydrogen) atoms. The number of thioether (sulfide) groups is 1. The first-order chi connectivity index (χ1) is 9.37. The van der Waals surface area contributed by atoms with Crippen LogP contribution < -0.4 is 5.56 Å². The molecule has 0 aliphatic heterocycles. The normalized spacial score (nSPS) is 15.0. The second-order valence-electron chi connectivity index (χ2n) is 5.90. The summed E-state index contributed by atoms with van der Waals surface area (Å²) in [5.74, 6) is 0.518. The summed E-state index contributed by atoms with van der Waals surface area (Å²) in [5.41, 5.74) is 0.499. The number of aliphatic hydroxyl groups is 1. The lowest BCUT2D eigenvalue weighted by Crippen LogP contribution is -2.24. The number of hydrogen-bond acceptors (Lipinski definition) is 5. The maximum Gasteiger partial charge on any atom is 0.262 e. The molecule has 0 bridgehead atoms. The largest absolute Gasteiger partial charge is 0.390 e. The van der Waals surface area contributed by atoms with Gasteiger partial charge in [0.15, 0.2) is 5.16 Å². The zero-order valence-corrected chi connectivity index (χ0v) is 13.5. The molecule has 0 aromatic carbocycles. The van der Waals surface area contributed by atoms with Gasteiger partial charge in [-0.15, -0.1) is 11.3 Å². The quantitative estimate of drug-likeness (QED) is 0.698. The Kier molecular flexibility index (Phi) is 3.43. The van der Waals surface area contributed by atoms with E-state index in [9.17, 15) is 9.90 Å². The van der Waals surface area contributed by atoms with Crippen LogP contribution in [0.3, 0.4) is 0 Å². The molecule has 1 N–H and O–H groups in total. The van der Waals surface area contributed by atoms with E-state index in [2.05, 4.69) is 4.98 Å². The average molecular weight is 310 g/mol. The van der Waals surface area contributed by atoms with Crippen molar-refractivity contribution in [3.05, 3.63) is 20.8 Å². The highest BCUT2D eigenvalue weighted by Gasteiger charge is 2.23. The fourth-order valence-electron chi connectivity index (χ4n) is 2.48. The average Bonchev–Trinajstić information content (AvgIpc) is 2.90. The van der Waals surface area contributed by atoms with Gasteiger partial charge >= 0.3 is 0 Å². The first kappa shape index (κ1) is 14.1. The van der Waals surface area contributed by atoms with E-state index in [0.717, 1.165) is 29.5 Å². The summed E-state index contributed by atoms with van der Waals surface area (Å²) >= 11 is 3.09. The van der Waals surface area contributed by atoms with Gasteiger partial charge in [0, 0.05) is 17.7 Å². The first-order valence-electron chi connectivity index (χ1n) is 6.73. The maximum absolute atomic E-state index is 12.5. The van der Waals surface area contributed by atoms with Crippen LogP contribution in [0.15, 0.2) is 9.95 Å². The monoisotopic (exact) mass is 310 g/mol. The number of rotatable bonds is 3. The molecule has 3 rings (SSSR count). The Morgan fingerprint density at radius 2 is 2.20 bits per heavy atom. The first-order valence-corrected chi connectivity index (χ1v) is 8.53. The van der Waals surface area contributed by atoms with E-state index < -0.39 is 5.60 Å². The smallest absolute Gasteiger partial charge is 0.262 e. The van der Waals surface area contributed by atoms with Gasteiger partial charge in [-0.2, -0.15) is 0 Å². The standard InChI is InChI=1S/C14H18N2O2S2/c1-14(2,18)7-19-13-15-11-10(12(17)16(13)3)8-5-4-6-9(8)20-11/h18H,4-7H2,1-3H3. The molecular weight excluding hydrogens is 292 g/mol. The Labute approximate surface area is 125 Å². The second kappa shape index (κ2) is 4.86. The van der Waals surface area contributed by atoms with Crippen LogP contribution in [0.4, 0.5) is 0 Å². The van der Waals surface area contributed by atoms with Gasteiger partial charge in [0.2, 0.25) is 0 Å². The fraction of sp³-hybridized carbons (Fsp3) is 0.571. The molecule has 0 fully saturated rings. The molecule has 6 heteroatoms. The molecule has 0 spiro atoms. The molecule has 0 radical (unpaired) electrons. The maximum atomic E-state index is 12.5. The third-order valence-corrected chi connectivity index (χ3v) is 6.12. The number of aromatic nitrogens is 2. The Hall–Kier alpha value is -0.850. The van der Waals surface area contributed by atoms with Crippen molar-refractivity contribution < 1.29 is 5.11 Å². The molecule has 2 aromatic heterocycles. The van der Waals surface area contributed by atoms with Gasteiger partial charge < -0.3 is 5.11 Å². The van der Waals surface area contributed by atoms with Crippen LogP contribution in [-0.2, 0) is 19.9 Å². The molecule has 2 aromatic rings. The lowest BCUT2D eigenvalue weighted by atomic mass is 10.2. The van der Waals surface area contributed by atoms with Crippen LogP contribution in [0.2, 0.25) is 0 Å². The van der Waals surface area contributed by atoms with Crippen molar-refractivity contribution in [2.45, 2.75) is 43.9 Å². The van der Waals surface area contributed by atoms with Crippen LogP contribution in [0, 0.1) is 0 Å². The highest BCUT2D eigenvalue weighted by molar-refractivity contribution is 7.99. The molecule has 0 amide bonds. The number of thiophene rings is 1. The predicted octanol–water partition coefficient (Wildman–Crippen LogP) is 2.35. The lowest BCUT2D eigenvalue weighted by Gasteiger charge is -2.16. The second-order valence-corrected chi connectivity index (χ2v) is 7.92. The molecule has 0 saturated heterocycles. The van der Waals surface area contributed by atoms with E-state index in [-0.39, 0.29) is 5.56 Å². The molecule has 4 nitrogen and oxygen atoms in total. The van der Waals surface area contributed by atoms with Crippen molar-refractivity contribution >= 4 is 33.3 Å². The summed E-state index contributed by atoms with van der Waals surface area (Å²) in [6.07, 6.45) is 3.23. The highest BCUT2D eigenvalue weighted by atomic mass is 32.2. The predicted molar refractivity (Wildman–Crippen MR) is 83.9 cm³/mol. The summed E-state index contributed by atoms with van der Waals surface area (Å²) in [7, 11) is 1.76. The van der Waals surface area contributed by atoms with Crippen LogP contribution in [-0.4, -0.2) is 26.0 Å². The van der Waals surface area contributed by atoms with Crippen molar-refractivity contribution in [1.29, 1.82) is 0 Å².